The van der Waals surface area contributed by atoms with Gasteiger partial charge in [0.2, 0.25) is 5.91 Å². The van der Waals surface area contributed by atoms with E-state index >= 15 is 0 Å². The van der Waals surface area contributed by atoms with Gasteiger partial charge in [-0.25, -0.2) is 9.97 Å². The van der Waals surface area contributed by atoms with Crippen LogP contribution in [0.5, 0.6) is 0 Å². The zero-order valence-electron chi connectivity index (χ0n) is 19.1. The van der Waals surface area contributed by atoms with Crippen LogP contribution in [0.3, 0.4) is 0 Å². The summed E-state index contributed by atoms with van der Waals surface area (Å²) in [5.41, 5.74) is 0.714. The first-order valence-electron chi connectivity index (χ1n) is 12.3. The van der Waals surface area contributed by atoms with E-state index in [-0.39, 0.29) is 5.41 Å². The maximum absolute atomic E-state index is 13.7. The van der Waals surface area contributed by atoms with Gasteiger partial charge in [0.1, 0.15) is 11.6 Å². The van der Waals surface area contributed by atoms with E-state index in [2.05, 4.69) is 33.1 Å². The van der Waals surface area contributed by atoms with Crippen molar-refractivity contribution in [1.82, 2.24) is 20.2 Å². The molecule has 7 nitrogen and oxygen atoms in total. The van der Waals surface area contributed by atoms with Crippen LogP contribution in [0, 0.1) is 18.3 Å². The van der Waals surface area contributed by atoms with Gasteiger partial charge in [-0.2, -0.15) is 0 Å². The summed E-state index contributed by atoms with van der Waals surface area (Å²) >= 11 is 0. The Labute approximate surface area is 185 Å². The molecule has 5 rings (SSSR count). The molecule has 1 N–H and O–H groups in total. The highest BCUT2D eigenvalue weighted by Gasteiger charge is 2.53. The minimum absolute atomic E-state index is 0.297. The molecule has 2 aliphatic heterocycles. The van der Waals surface area contributed by atoms with Gasteiger partial charge in [-0.3, -0.25) is 9.69 Å². The largest absolute Gasteiger partial charge is 0.379 e. The molecule has 2 saturated heterocycles. The number of nitrogens with one attached hydrogen (secondary N) is 1. The summed E-state index contributed by atoms with van der Waals surface area (Å²) in [6.07, 6.45) is 7.37. The molecule has 0 spiro atoms. The van der Waals surface area contributed by atoms with Crippen molar-refractivity contribution < 1.29 is 9.53 Å². The first-order chi connectivity index (χ1) is 15.1. The summed E-state index contributed by atoms with van der Waals surface area (Å²) in [7, 11) is 0. The number of fused-ring (bicyclic) bond motifs is 1. The van der Waals surface area contributed by atoms with Crippen LogP contribution in [-0.2, 0) is 16.0 Å². The molecule has 31 heavy (non-hydrogen) atoms. The molecular formula is C24H37N5O2. The molecule has 2 saturated carbocycles. The van der Waals surface area contributed by atoms with E-state index in [4.69, 9.17) is 9.72 Å². The topological polar surface area (TPSA) is 70.6 Å². The van der Waals surface area contributed by atoms with Crippen LogP contribution in [-0.4, -0.2) is 72.3 Å². The number of anilines is 1. The predicted octanol–water partition coefficient (Wildman–Crippen LogP) is 2.32. The number of rotatable bonds is 5. The second kappa shape index (κ2) is 8.66. The molecule has 0 unspecified atom stereocenters. The molecular weight excluding hydrogens is 390 g/mol. The molecule has 7 heteroatoms. The Morgan fingerprint density at radius 1 is 1.19 bits per heavy atom. The Morgan fingerprint density at radius 3 is 2.74 bits per heavy atom. The second-order valence-corrected chi connectivity index (χ2v) is 10.0. The third kappa shape index (κ3) is 4.31. The van der Waals surface area contributed by atoms with Crippen molar-refractivity contribution in [3.05, 3.63) is 17.6 Å². The van der Waals surface area contributed by atoms with Crippen LogP contribution in [0.4, 0.5) is 5.82 Å². The Morgan fingerprint density at radius 2 is 2.00 bits per heavy atom. The maximum atomic E-state index is 13.7. The van der Waals surface area contributed by atoms with E-state index in [0.717, 1.165) is 102 Å². The molecule has 0 bridgehead atoms. The van der Waals surface area contributed by atoms with E-state index in [1.54, 1.807) is 0 Å². The second-order valence-electron chi connectivity index (χ2n) is 10.0. The summed E-state index contributed by atoms with van der Waals surface area (Å²) < 4.78 is 5.57. The Balaban J connectivity index is 1.38. The van der Waals surface area contributed by atoms with Gasteiger partial charge in [0.25, 0.3) is 0 Å². The van der Waals surface area contributed by atoms with Gasteiger partial charge in [-0.15, -0.1) is 0 Å². The van der Waals surface area contributed by atoms with Gasteiger partial charge in [0.05, 0.1) is 18.6 Å². The monoisotopic (exact) mass is 427 g/mol. The van der Waals surface area contributed by atoms with Crippen molar-refractivity contribution in [2.45, 2.75) is 70.9 Å². The summed E-state index contributed by atoms with van der Waals surface area (Å²) in [4.78, 5) is 28.0. The maximum Gasteiger partial charge on any atom is 0.228 e. The van der Waals surface area contributed by atoms with Crippen molar-refractivity contribution >= 4 is 11.7 Å². The number of morpholine rings is 1. The number of carbonyl (C=O) groups excluding carboxylic acids is 1. The lowest BCUT2D eigenvalue weighted by Crippen LogP contribution is -2.61. The first-order valence-corrected chi connectivity index (χ1v) is 12.3. The van der Waals surface area contributed by atoms with Gasteiger partial charge in [0.15, 0.2) is 0 Å². The number of aromatic nitrogens is 2. The molecule has 3 atom stereocenters. The molecule has 3 heterocycles. The molecule has 1 aromatic rings. The smallest absolute Gasteiger partial charge is 0.228 e. The average molecular weight is 428 g/mol. The van der Waals surface area contributed by atoms with Crippen molar-refractivity contribution in [2.75, 3.05) is 44.3 Å². The molecule has 2 aliphatic carbocycles. The molecule has 4 aliphatic rings. The van der Waals surface area contributed by atoms with Gasteiger partial charge in [-0.1, -0.05) is 6.92 Å². The average Bonchev–Trinajstić information content (AvgIpc) is 3.62. The van der Waals surface area contributed by atoms with E-state index in [9.17, 15) is 4.79 Å². The number of hydrogen-bond acceptors (Lipinski definition) is 6. The van der Waals surface area contributed by atoms with Crippen molar-refractivity contribution in [3.63, 3.8) is 0 Å². The van der Waals surface area contributed by atoms with Crippen LogP contribution >= 0.6 is 0 Å². The van der Waals surface area contributed by atoms with Crippen LogP contribution in [0.1, 0.15) is 57.0 Å². The molecule has 0 aromatic carbocycles. The number of amides is 1. The first kappa shape index (κ1) is 21.1. The van der Waals surface area contributed by atoms with Crippen molar-refractivity contribution in [1.29, 1.82) is 0 Å². The number of aryl methyl sites for hydroxylation is 2. The normalized spacial score (nSPS) is 31.9. The fraction of sp³-hybridized carbons (Fsp3) is 0.792. The van der Waals surface area contributed by atoms with Crippen molar-refractivity contribution in [2.24, 2.45) is 11.3 Å². The Bertz CT molecular complexity index is 807. The standard InChI is InChI=1S/C24H37N5O2/c1-3-21-25-17(2)14-22(27-21)29-9-7-18-15-20(28-10-12-31-13-11-28)6-8-24(18,16-29)23(30)26-19-4-5-19/h14,18-20H,3-13,15-16H2,1-2H3,(H,26,30)/t18-,20+,24-/m1/s1. The number of carbonyl (C=O) groups is 1. The third-order valence-corrected chi connectivity index (χ3v) is 7.94. The molecule has 4 fully saturated rings. The van der Waals surface area contributed by atoms with Gasteiger partial charge >= 0.3 is 0 Å². The Kier molecular flexibility index (Phi) is 5.90. The molecule has 1 aromatic heterocycles. The van der Waals surface area contributed by atoms with Gasteiger partial charge in [-0.05, 0) is 51.4 Å². The molecule has 170 valence electrons. The van der Waals surface area contributed by atoms with Gasteiger partial charge < -0.3 is 15.0 Å². The SMILES string of the molecule is CCc1nc(C)cc(N2CC[C@@H]3C[C@@H](N4CCOCC4)CC[C@@]3(C(=O)NC3CC3)C2)n1. The van der Waals surface area contributed by atoms with Crippen LogP contribution < -0.4 is 10.2 Å². The lowest BCUT2D eigenvalue weighted by molar-refractivity contribution is -0.139. The highest BCUT2D eigenvalue weighted by molar-refractivity contribution is 5.84. The van der Waals surface area contributed by atoms with Crippen LogP contribution in [0.2, 0.25) is 0 Å². The highest BCUT2D eigenvalue weighted by atomic mass is 16.5. The fourth-order valence-corrected chi connectivity index (χ4v) is 5.96. The van der Waals surface area contributed by atoms with Crippen LogP contribution in [0.15, 0.2) is 6.07 Å². The number of hydrogen-bond donors (Lipinski definition) is 1. The zero-order valence-corrected chi connectivity index (χ0v) is 19.1. The van der Waals surface area contributed by atoms with E-state index in [1.165, 1.54) is 0 Å². The highest BCUT2D eigenvalue weighted by Crippen LogP contribution is 2.49. The molecule has 0 radical (unpaired) electrons. The lowest BCUT2D eigenvalue weighted by atomic mass is 9.61. The summed E-state index contributed by atoms with van der Waals surface area (Å²) in [6, 6.07) is 3.09. The van der Waals surface area contributed by atoms with E-state index in [0.29, 0.717) is 23.9 Å². The summed E-state index contributed by atoms with van der Waals surface area (Å²) in [6.45, 7) is 9.65. The van der Waals surface area contributed by atoms with E-state index in [1.807, 2.05) is 6.92 Å². The predicted molar refractivity (Wildman–Crippen MR) is 120 cm³/mol. The minimum Gasteiger partial charge on any atom is -0.379 e. The van der Waals surface area contributed by atoms with Crippen molar-refractivity contribution in [3.8, 4) is 0 Å². The lowest BCUT2D eigenvalue weighted by Gasteiger charge is -2.53. The fourth-order valence-electron chi connectivity index (χ4n) is 5.96. The number of ether oxygens (including phenoxy) is 1. The number of nitrogens with zero attached hydrogens (tertiary/aromatic N) is 4. The third-order valence-electron chi connectivity index (χ3n) is 7.94. The quantitative estimate of drug-likeness (QED) is 0.778. The molecule has 1 amide bonds. The van der Waals surface area contributed by atoms with E-state index < -0.39 is 0 Å². The number of piperidine rings is 1. The minimum atomic E-state index is -0.297. The zero-order chi connectivity index (χ0) is 21.4. The Hall–Kier alpha value is -1.73. The summed E-state index contributed by atoms with van der Waals surface area (Å²) in [5.74, 6) is 2.63. The van der Waals surface area contributed by atoms with Crippen LogP contribution in [0.25, 0.3) is 0 Å². The summed E-state index contributed by atoms with van der Waals surface area (Å²) in [5, 5.41) is 3.38. The van der Waals surface area contributed by atoms with Gasteiger partial charge in [0, 0.05) is 56.4 Å².